The molecule has 0 aromatic heterocycles. The average Bonchev–Trinajstić information content (AvgIpc) is 2.26. The molecule has 0 amide bonds. The molecule has 0 heterocycles. The summed E-state index contributed by atoms with van der Waals surface area (Å²) in [4.78, 5) is 0.300. The summed E-state index contributed by atoms with van der Waals surface area (Å²) >= 11 is 0. The zero-order valence-electron chi connectivity index (χ0n) is 11.5. The second-order valence-corrected chi connectivity index (χ2v) is 7.18. The van der Waals surface area contributed by atoms with Crippen molar-refractivity contribution in [2.75, 3.05) is 0 Å². The summed E-state index contributed by atoms with van der Waals surface area (Å²) in [6.07, 6.45) is 3.43. The van der Waals surface area contributed by atoms with Gasteiger partial charge in [0.15, 0.2) is 0 Å². The Morgan fingerprint density at radius 3 is 2.53 bits per heavy atom. The van der Waals surface area contributed by atoms with Crippen LogP contribution in [0, 0.1) is 5.92 Å². The largest absolute Gasteiger partial charge is 0.324 e. The molecule has 1 aliphatic carbocycles. The van der Waals surface area contributed by atoms with Crippen molar-refractivity contribution in [1.29, 1.82) is 0 Å². The van der Waals surface area contributed by atoms with Crippen LogP contribution in [0.5, 0.6) is 0 Å². The van der Waals surface area contributed by atoms with E-state index in [9.17, 15) is 8.42 Å². The van der Waals surface area contributed by atoms with Crippen LogP contribution in [0.1, 0.15) is 44.7 Å². The minimum Gasteiger partial charge on any atom is -0.324 e. The lowest BCUT2D eigenvalue weighted by molar-refractivity contribution is 0.260. The fraction of sp³-hybridized carbons (Fsp3) is 0.571. The summed E-state index contributed by atoms with van der Waals surface area (Å²) in [7, 11) is -3.44. The smallest absolute Gasteiger partial charge is 0.240 e. The normalized spacial score (nSPS) is 19.7. The third kappa shape index (κ3) is 3.35. The van der Waals surface area contributed by atoms with E-state index in [0.717, 1.165) is 18.4 Å². The fourth-order valence-corrected chi connectivity index (χ4v) is 3.68. The molecule has 2 atom stereocenters. The highest BCUT2D eigenvalue weighted by atomic mass is 32.2. The van der Waals surface area contributed by atoms with E-state index in [1.807, 2.05) is 19.9 Å². The van der Waals surface area contributed by atoms with Crippen LogP contribution in [0.25, 0.3) is 0 Å². The zero-order chi connectivity index (χ0) is 14.0. The molecule has 2 rings (SSSR count). The van der Waals surface area contributed by atoms with Crippen molar-refractivity contribution in [3.8, 4) is 0 Å². The molecule has 0 spiro atoms. The van der Waals surface area contributed by atoms with E-state index in [1.165, 1.54) is 6.42 Å². The van der Waals surface area contributed by atoms with Crippen LogP contribution in [0.2, 0.25) is 0 Å². The quantitative estimate of drug-likeness (QED) is 0.869. The summed E-state index contributed by atoms with van der Waals surface area (Å²) in [5, 5.41) is 0. The number of rotatable bonds is 5. The minimum atomic E-state index is -3.44. The Hall–Kier alpha value is -0.910. The van der Waals surface area contributed by atoms with E-state index in [1.54, 1.807) is 18.2 Å². The molecule has 0 aliphatic heterocycles. The van der Waals surface area contributed by atoms with Crippen LogP contribution < -0.4 is 10.5 Å². The van der Waals surface area contributed by atoms with Crippen molar-refractivity contribution in [3.63, 3.8) is 0 Å². The van der Waals surface area contributed by atoms with E-state index < -0.39 is 10.0 Å². The van der Waals surface area contributed by atoms with Gasteiger partial charge in [0.1, 0.15) is 0 Å². The molecule has 1 fully saturated rings. The second-order valence-electron chi connectivity index (χ2n) is 5.46. The lowest BCUT2D eigenvalue weighted by atomic mass is 9.81. The van der Waals surface area contributed by atoms with Crippen LogP contribution in [0.4, 0.5) is 0 Å². The fourth-order valence-electron chi connectivity index (χ4n) is 2.31. The Morgan fingerprint density at radius 2 is 2.00 bits per heavy atom. The summed E-state index contributed by atoms with van der Waals surface area (Å²) < 4.78 is 27.4. The van der Waals surface area contributed by atoms with Crippen molar-refractivity contribution in [3.05, 3.63) is 29.8 Å². The summed E-state index contributed by atoms with van der Waals surface area (Å²) in [6.45, 7) is 3.78. The van der Waals surface area contributed by atoms with Crippen LogP contribution in [0.15, 0.2) is 29.2 Å². The molecule has 1 aliphatic rings. The maximum atomic E-state index is 12.3. The molecule has 1 aromatic rings. The molecule has 19 heavy (non-hydrogen) atoms. The van der Waals surface area contributed by atoms with Crippen molar-refractivity contribution >= 4 is 10.0 Å². The molecular formula is C14H22N2O2S. The number of nitrogens with two attached hydrogens (primary N) is 1. The van der Waals surface area contributed by atoms with E-state index in [0.29, 0.717) is 10.8 Å². The molecule has 0 saturated heterocycles. The van der Waals surface area contributed by atoms with E-state index >= 15 is 0 Å². The minimum absolute atomic E-state index is 0.00212. The number of nitrogens with one attached hydrogen (secondary N) is 1. The van der Waals surface area contributed by atoms with Crippen LogP contribution >= 0.6 is 0 Å². The number of benzene rings is 1. The van der Waals surface area contributed by atoms with Gasteiger partial charge in [-0.1, -0.05) is 18.6 Å². The molecule has 2 unspecified atom stereocenters. The predicted octanol–water partition coefficient (Wildman–Crippen LogP) is 2.17. The highest BCUT2D eigenvalue weighted by Gasteiger charge is 2.27. The molecule has 106 valence electrons. The van der Waals surface area contributed by atoms with Crippen molar-refractivity contribution in [1.82, 2.24) is 4.72 Å². The summed E-state index contributed by atoms with van der Waals surface area (Å²) in [5.74, 6) is 0.478. The second kappa shape index (κ2) is 5.61. The van der Waals surface area contributed by atoms with Gasteiger partial charge >= 0.3 is 0 Å². The molecule has 5 heteroatoms. The van der Waals surface area contributed by atoms with Gasteiger partial charge in [-0.05, 0) is 50.3 Å². The Balaban J connectivity index is 2.16. The molecule has 1 aromatic carbocycles. The first-order valence-corrected chi connectivity index (χ1v) is 8.26. The topological polar surface area (TPSA) is 72.2 Å². The molecule has 0 bridgehead atoms. The van der Waals surface area contributed by atoms with Crippen molar-refractivity contribution < 1.29 is 8.42 Å². The first-order chi connectivity index (χ1) is 8.90. The van der Waals surface area contributed by atoms with Crippen molar-refractivity contribution in [2.45, 2.75) is 50.1 Å². The van der Waals surface area contributed by atoms with Gasteiger partial charge in [0, 0.05) is 12.1 Å². The molecule has 3 N–H and O–H groups in total. The van der Waals surface area contributed by atoms with Crippen LogP contribution in [0.3, 0.4) is 0 Å². The monoisotopic (exact) mass is 282 g/mol. The standard InChI is InChI=1S/C14H22N2O2S/c1-10(15)13-7-4-8-14(9-13)19(17,18)16-11(2)12-5-3-6-12/h4,7-12,16H,3,5-6,15H2,1-2H3. The number of hydrogen-bond donors (Lipinski definition) is 2. The van der Waals surface area contributed by atoms with Gasteiger partial charge in [-0.15, -0.1) is 0 Å². The lowest BCUT2D eigenvalue weighted by Gasteiger charge is -2.31. The highest BCUT2D eigenvalue weighted by Crippen LogP contribution is 2.30. The van der Waals surface area contributed by atoms with Gasteiger partial charge in [0.25, 0.3) is 0 Å². The first kappa shape index (κ1) is 14.5. The van der Waals surface area contributed by atoms with Gasteiger partial charge in [-0.2, -0.15) is 0 Å². The van der Waals surface area contributed by atoms with Gasteiger partial charge < -0.3 is 5.73 Å². The summed E-state index contributed by atoms with van der Waals surface area (Å²) in [6, 6.07) is 6.68. The first-order valence-electron chi connectivity index (χ1n) is 6.78. The number of sulfonamides is 1. The van der Waals surface area contributed by atoms with Crippen LogP contribution in [-0.4, -0.2) is 14.5 Å². The molecule has 1 saturated carbocycles. The Kier molecular flexibility index (Phi) is 4.28. The third-order valence-corrected chi connectivity index (χ3v) is 5.45. The van der Waals surface area contributed by atoms with Gasteiger partial charge in [-0.3, -0.25) is 0 Å². The number of hydrogen-bond acceptors (Lipinski definition) is 3. The SMILES string of the molecule is CC(N)c1cccc(S(=O)(=O)NC(C)C2CCC2)c1. The molecule has 4 nitrogen and oxygen atoms in total. The van der Waals surface area contributed by atoms with Gasteiger partial charge in [0.05, 0.1) is 4.90 Å². The van der Waals surface area contributed by atoms with Crippen molar-refractivity contribution in [2.24, 2.45) is 11.7 Å². The van der Waals surface area contributed by atoms with Crippen LogP contribution in [-0.2, 0) is 10.0 Å². The van der Waals surface area contributed by atoms with Gasteiger partial charge in [-0.25, -0.2) is 13.1 Å². The summed E-state index contributed by atoms with van der Waals surface area (Å²) in [5.41, 5.74) is 6.62. The Labute approximate surface area is 115 Å². The molecular weight excluding hydrogens is 260 g/mol. The maximum absolute atomic E-state index is 12.3. The zero-order valence-corrected chi connectivity index (χ0v) is 12.3. The van der Waals surface area contributed by atoms with E-state index in [4.69, 9.17) is 5.73 Å². The molecule has 0 radical (unpaired) electrons. The third-order valence-electron chi connectivity index (χ3n) is 3.89. The predicted molar refractivity (Wildman–Crippen MR) is 76.2 cm³/mol. The van der Waals surface area contributed by atoms with Gasteiger partial charge in [0.2, 0.25) is 10.0 Å². The maximum Gasteiger partial charge on any atom is 0.240 e. The highest BCUT2D eigenvalue weighted by molar-refractivity contribution is 7.89. The average molecular weight is 282 g/mol. The lowest BCUT2D eigenvalue weighted by Crippen LogP contribution is -2.40. The Bertz CT molecular complexity index is 536. The van der Waals surface area contributed by atoms with E-state index in [-0.39, 0.29) is 12.1 Å². The Morgan fingerprint density at radius 1 is 1.32 bits per heavy atom. The van der Waals surface area contributed by atoms with E-state index in [2.05, 4.69) is 4.72 Å².